The number of anilines is 4. The molecule has 2 aromatic heterocycles. The van der Waals surface area contributed by atoms with E-state index in [9.17, 15) is 8.78 Å². The summed E-state index contributed by atoms with van der Waals surface area (Å²) in [6, 6.07) is 14.4. The molecule has 0 bridgehead atoms. The van der Waals surface area contributed by atoms with Crippen LogP contribution in [-0.2, 0) is 0 Å². The molecule has 2 aromatic carbocycles. The van der Waals surface area contributed by atoms with Crippen molar-refractivity contribution in [2.24, 2.45) is 0 Å². The number of hydrogen-bond acceptors (Lipinski definition) is 5. The van der Waals surface area contributed by atoms with Crippen LogP contribution in [0, 0.1) is 6.92 Å². The predicted molar refractivity (Wildman–Crippen MR) is 110 cm³/mol. The highest BCUT2D eigenvalue weighted by molar-refractivity contribution is 7.08. The van der Waals surface area contributed by atoms with E-state index in [1.807, 2.05) is 29.6 Å². The Kier molecular flexibility index (Phi) is 5.08. The van der Waals surface area contributed by atoms with E-state index in [1.54, 1.807) is 29.7 Å². The van der Waals surface area contributed by atoms with Crippen LogP contribution in [0.4, 0.5) is 31.7 Å². The largest absolute Gasteiger partial charge is 0.435 e. The lowest BCUT2D eigenvalue weighted by Crippen LogP contribution is -2.02. The maximum absolute atomic E-state index is 12.3. The quantitative estimate of drug-likeness (QED) is 0.380. The van der Waals surface area contributed by atoms with E-state index >= 15 is 0 Å². The van der Waals surface area contributed by atoms with Crippen molar-refractivity contribution in [2.45, 2.75) is 13.5 Å². The van der Waals surface area contributed by atoms with Gasteiger partial charge in [0.05, 0.1) is 0 Å². The summed E-state index contributed by atoms with van der Waals surface area (Å²) in [5.74, 6) is 0.803. The molecule has 4 nitrogen and oxygen atoms in total. The highest BCUT2D eigenvalue weighted by Gasteiger charge is 2.10. The number of nitrogens with one attached hydrogen (secondary N) is 2. The van der Waals surface area contributed by atoms with Crippen LogP contribution in [0.25, 0.3) is 10.8 Å². The molecule has 4 rings (SSSR count). The van der Waals surface area contributed by atoms with Gasteiger partial charge in [-0.15, -0.1) is 0 Å². The Labute approximate surface area is 164 Å². The van der Waals surface area contributed by atoms with Gasteiger partial charge in [-0.05, 0) is 54.3 Å². The van der Waals surface area contributed by atoms with Gasteiger partial charge in [-0.1, -0.05) is 12.1 Å². The van der Waals surface area contributed by atoms with Gasteiger partial charge in [0.2, 0.25) is 0 Å². The van der Waals surface area contributed by atoms with Crippen LogP contribution in [0.5, 0.6) is 5.75 Å². The third-order valence-electron chi connectivity index (χ3n) is 4.29. The van der Waals surface area contributed by atoms with E-state index in [1.165, 1.54) is 12.1 Å². The van der Waals surface area contributed by atoms with Gasteiger partial charge in [-0.2, -0.15) is 20.1 Å². The summed E-state index contributed by atoms with van der Waals surface area (Å²) < 4.78 is 29.0. The zero-order valence-corrected chi connectivity index (χ0v) is 15.8. The molecule has 0 saturated heterocycles. The van der Waals surface area contributed by atoms with Gasteiger partial charge in [-0.25, -0.2) is 4.98 Å². The highest BCUT2D eigenvalue weighted by Crippen LogP contribution is 2.34. The van der Waals surface area contributed by atoms with Crippen LogP contribution in [0.1, 0.15) is 5.56 Å². The molecule has 0 aliphatic rings. The molecule has 28 heavy (non-hydrogen) atoms. The Morgan fingerprint density at radius 2 is 1.75 bits per heavy atom. The third kappa shape index (κ3) is 3.89. The molecular weight excluding hydrogens is 380 g/mol. The van der Waals surface area contributed by atoms with Crippen molar-refractivity contribution in [2.75, 3.05) is 10.6 Å². The van der Waals surface area contributed by atoms with Crippen LogP contribution >= 0.6 is 11.3 Å². The van der Waals surface area contributed by atoms with Crippen molar-refractivity contribution in [3.63, 3.8) is 0 Å². The van der Waals surface area contributed by atoms with E-state index in [4.69, 9.17) is 0 Å². The van der Waals surface area contributed by atoms with Crippen molar-refractivity contribution in [1.29, 1.82) is 0 Å². The predicted octanol–water partition coefficient (Wildman–Crippen LogP) is 6.69. The number of hydrogen-bond donors (Lipinski definition) is 2. The molecule has 142 valence electrons. The van der Waals surface area contributed by atoms with E-state index in [2.05, 4.69) is 32.7 Å². The summed E-state index contributed by atoms with van der Waals surface area (Å²) in [6.07, 6.45) is 1.75. The highest BCUT2D eigenvalue weighted by atomic mass is 32.1. The summed E-state index contributed by atoms with van der Waals surface area (Å²) in [5, 5.41) is 12.8. The molecule has 0 atom stereocenters. The molecule has 7 heteroatoms. The number of aromatic nitrogens is 1. The summed E-state index contributed by atoms with van der Waals surface area (Å²) in [6.45, 7) is -0.778. The average molecular weight is 397 g/mol. The zero-order chi connectivity index (χ0) is 19.5. The monoisotopic (exact) mass is 397 g/mol. The first-order valence-electron chi connectivity index (χ1n) is 8.59. The number of aryl methyl sites for hydroxylation is 1. The van der Waals surface area contributed by atoms with Crippen molar-refractivity contribution in [1.82, 2.24) is 4.98 Å². The van der Waals surface area contributed by atoms with Crippen LogP contribution in [0.3, 0.4) is 0 Å². The van der Waals surface area contributed by atoms with E-state index in [0.717, 1.165) is 33.4 Å². The van der Waals surface area contributed by atoms with Gasteiger partial charge in [0.1, 0.15) is 11.6 Å². The topological polar surface area (TPSA) is 46.2 Å². The number of nitrogens with zero attached hydrogens (tertiary/aromatic N) is 1. The minimum atomic E-state index is -2.84. The third-order valence-corrected chi connectivity index (χ3v) is 4.97. The lowest BCUT2D eigenvalue weighted by Gasteiger charge is -2.15. The number of fused-ring (bicyclic) bond motifs is 1. The molecule has 0 unspecified atom stereocenters. The fraction of sp³-hybridized carbons (Fsp3) is 0.0952. The molecule has 2 heterocycles. The lowest BCUT2D eigenvalue weighted by molar-refractivity contribution is -0.0498. The number of benzene rings is 2. The molecule has 0 saturated carbocycles. The zero-order valence-electron chi connectivity index (χ0n) is 14.9. The second-order valence-corrected chi connectivity index (χ2v) is 6.96. The molecule has 0 spiro atoms. The van der Waals surface area contributed by atoms with Crippen LogP contribution in [-0.4, -0.2) is 11.6 Å². The molecule has 2 N–H and O–H groups in total. The summed E-state index contributed by atoms with van der Waals surface area (Å²) in [7, 11) is 0. The first-order valence-corrected chi connectivity index (χ1v) is 9.54. The second kappa shape index (κ2) is 7.82. The SMILES string of the molecule is Cc1ccc2c(Nc3ccc(OC(F)F)cc3)nccc2c1Nc1ccsc1. The van der Waals surface area contributed by atoms with Crippen molar-refractivity contribution in [3.05, 3.63) is 71.1 Å². The first-order chi connectivity index (χ1) is 13.6. The minimum absolute atomic E-state index is 0.115. The van der Waals surface area contributed by atoms with Crippen molar-refractivity contribution < 1.29 is 13.5 Å². The molecule has 0 fully saturated rings. The van der Waals surface area contributed by atoms with Gasteiger partial charge in [0.25, 0.3) is 0 Å². The Morgan fingerprint density at radius 1 is 0.929 bits per heavy atom. The van der Waals surface area contributed by atoms with Gasteiger partial charge in [-0.3, -0.25) is 0 Å². The standard InChI is InChI=1S/C21H17F2N3OS/c1-13-2-7-18-17(19(13)25-15-9-11-28-12-15)8-10-24-20(18)26-14-3-5-16(6-4-14)27-21(22)23/h2-12,21,25H,1H3,(H,24,26). The number of rotatable bonds is 6. The van der Waals surface area contributed by atoms with Gasteiger partial charge in [0, 0.05) is 39.4 Å². The van der Waals surface area contributed by atoms with Gasteiger partial charge < -0.3 is 15.4 Å². The maximum atomic E-state index is 12.3. The smallest absolute Gasteiger partial charge is 0.387 e. The van der Waals surface area contributed by atoms with E-state index in [-0.39, 0.29) is 5.75 Å². The van der Waals surface area contributed by atoms with Crippen molar-refractivity contribution in [3.8, 4) is 5.75 Å². The first kappa shape index (κ1) is 18.2. The maximum Gasteiger partial charge on any atom is 0.387 e. The second-order valence-electron chi connectivity index (χ2n) is 6.18. The Hall–Kier alpha value is -3.19. The van der Waals surface area contributed by atoms with Gasteiger partial charge in [0.15, 0.2) is 0 Å². The van der Waals surface area contributed by atoms with Crippen LogP contribution in [0.15, 0.2) is 65.5 Å². The normalized spacial score (nSPS) is 11.0. The van der Waals surface area contributed by atoms with Crippen molar-refractivity contribution >= 4 is 45.0 Å². The Morgan fingerprint density at radius 3 is 2.46 bits per heavy atom. The van der Waals surface area contributed by atoms with E-state index < -0.39 is 6.61 Å². The fourth-order valence-corrected chi connectivity index (χ4v) is 3.55. The number of halogens is 2. The molecule has 0 amide bonds. The number of alkyl halides is 2. The molecule has 4 aromatic rings. The molecular formula is C21H17F2N3OS. The lowest BCUT2D eigenvalue weighted by atomic mass is 10.1. The molecule has 0 aliphatic carbocycles. The minimum Gasteiger partial charge on any atom is -0.435 e. The van der Waals surface area contributed by atoms with E-state index in [0.29, 0.717) is 5.82 Å². The number of pyridine rings is 1. The number of thiophene rings is 1. The summed E-state index contributed by atoms with van der Waals surface area (Å²) >= 11 is 1.64. The summed E-state index contributed by atoms with van der Waals surface area (Å²) in [4.78, 5) is 4.45. The Balaban J connectivity index is 1.66. The van der Waals surface area contributed by atoms with Crippen LogP contribution < -0.4 is 15.4 Å². The fourth-order valence-electron chi connectivity index (χ4n) is 2.97. The molecule has 0 aliphatic heterocycles. The molecule has 0 radical (unpaired) electrons. The Bertz CT molecular complexity index is 1080. The number of ether oxygens (including phenoxy) is 1. The van der Waals surface area contributed by atoms with Gasteiger partial charge >= 0.3 is 6.61 Å². The van der Waals surface area contributed by atoms with Crippen LogP contribution in [0.2, 0.25) is 0 Å². The average Bonchev–Trinajstić information content (AvgIpc) is 3.19. The summed E-state index contributed by atoms with van der Waals surface area (Å²) in [5.41, 5.74) is 3.93.